The average molecular weight is 332 g/mol. The standard InChI is InChI=1S/2C5H10O2S.Zn/c2*1-2-3-8-4-5(6)7;/h2*2-4H2,1H3,(H,6,7);/q;;+2/p-2. The molecule has 0 aliphatic heterocycles. The van der Waals surface area contributed by atoms with E-state index in [1.54, 1.807) is 0 Å². The summed E-state index contributed by atoms with van der Waals surface area (Å²) < 4.78 is 0. The fourth-order valence-corrected chi connectivity index (χ4v) is 1.80. The molecule has 0 aliphatic carbocycles. The number of aliphatic carboxylic acids is 2. The third kappa shape index (κ3) is 31.4. The van der Waals surface area contributed by atoms with Gasteiger partial charge in [0.1, 0.15) is 0 Å². The zero-order valence-electron chi connectivity index (χ0n) is 10.4. The van der Waals surface area contributed by atoms with Crippen LogP contribution in [0.25, 0.3) is 0 Å². The number of thioether (sulfide) groups is 2. The summed E-state index contributed by atoms with van der Waals surface area (Å²) in [5.74, 6) is 0.149. The molecule has 7 heteroatoms. The minimum atomic E-state index is -0.969. The number of carbonyl (C=O) groups is 2. The van der Waals surface area contributed by atoms with Gasteiger partial charge in [0.2, 0.25) is 0 Å². The quantitative estimate of drug-likeness (QED) is 0.451. The Balaban J connectivity index is -0.000000218. The van der Waals surface area contributed by atoms with E-state index in [0.717, 1.165) is 24.3 Å². The fraction of sp³-hybridized carbons (Fsp3) is 0.800. The van der Waals surface area contributed by atoms with E-state index in [2.05, 4.69) is 0 Å². The molecule has 0 unspecified atom stereocenters. The van der Waals surface area contributed by atoms with E-state index in [1.165, 1.54) is 23.5 Å². The normalized spacial score (nSPS) is 8.59. The van der Waals surface area contributed by atoms with Crippen molar-refractivity contribution in [3.63, 3.8) is 0 Å². The van der Waals surface area contributed by atoms with Gasteiger partial charge in [-0.15, -0.1) is 0 Å². The van der Waals surface area contributed by atoms with Crippen LogP contribution in [0.3, 0.4) is 0 Å². The third-order valence-electron chi connectivity index (χ3n) is 1.14. The van der Waals surface area contributed by atoms with Gasteiger partial charge >= 0.3 is 19.5 Å². The number of carboxylic acid groups (broad SMARTS) is 2. The summed E-state index contributed by atoms with van der Waals surface area (Å²) >= 11 is 2.80. The summed E-state index contributed by atoms with van der Waals surface area (Å²) in [6.07, 6.45) is 2.05. The molecule has 17 heavy (non-hydrogen) atoms. The first-order valence-corrected chi connectivity index (χ1v) is 7.40. The van der Waals surface area contributed by atoms with Crippen LogP contribution in [0.4, 0.5) is 0 Å². The van der Waals surface area contributed by atoms with Crippen molar-refractivity contribution in [2.45, 2.75) is 26.7 Å². The summed E-state index contributed by atoms with van der Waals surface area (Å²) in [5.41, 5.74) is 0. The first kappa shape index (κ1) is 22.4. The van der Waals surface area contributed by atoms with Crippen LogP contribution in [0.2, 0.25) is 0 Å². The molecular formula is C10H18O4S2Zn. The maximum atomic E-state index is 9.74. The van der Waals surface area contributed by atoms with Crippen LogP contribution in [0.5, 0.6) is 0 Å². The van der Waals surface area contributed by atoms with Gasteiger partial charge in [-0.1, -0.05) is 13.8 Å². The molecule has 0 aromatic heterocycles. The Kier molecular flexibility index (Phi) is 24.6. The van der Waals surface area contributed by atoms with Crippen LogP contribution in [0, 0.1) is 0 Å². The van der Waals surface area contributed by atoms with Gasteiger partial charge in [-0.3, -0.25) is 0 Å². The number of hydrogen-bond donors (Lipinski definition) is 0. The van der Waals surface area contributed by atoms with E-state index in [-0.39, 0.29) is 31.0 Å². The van der Waals surface area contributed by atoms with Gasteiger partial charge in [0.25, 0.3) is 0 Å². The Morgan fingerprint density at radius 2 is 1.18 bits per heavy atom. The van der Waals surface area contributed by atoms with Gasteiger partial charge in [-0.25, -0.2) is 0 Å². The molecule has 4 nitrogen and oxygen atoms in total. The number of carbonyl (C=O) groups excluding carboxylic acids is 2. The van der Waals surface area contributed by atoms with Crippen molar-refractivity contribution < 1.29 is 39.3 Å². The molecule has 0 aliphatic rings. The van der Waals surface area contributed by atoms with E-state index >= 15 is 0 Å². The summed E-state index contributed by atoms with van der Waals surface area (Å²) in [7, 11) is 0. The smallest absolute Gasteiger partial charge is 0.549 e. The Bertz CT molecular complexity index is 171. The molecule has 0 amide bonds. The van der Waals surface area contributed by atoms with Crippen LogP contribution < -0.4 is 10.2 Å². The summed E-state index contributed by atoms with van der Waals surface area (Å²) in [6, 6.07) is 0. The monoisotopic (exact) mass is 330 g/mol. The van der Waals surface area contributed by atoms with Crippen LogP contribution in [-0.4, -0.2) is 35.0 Å². The van der Waals surface area contributed by atoms with E-state index in [4.69, 9.17) is 0 Å². The van der Waals surface area contributed by atoms with Crippen molar-refractivity contribution in [3.8, 4) is 0 Å². The molecule has 0 saturated heterocycles. The largest absolute Gasteiger partial charge is 2.00 e. The third-order valence-corrected chi connectivity index (χ3v) is 3.41. The first-order valence-electron chi connectivity index (χ1n) is 5.09. The van der Waals surface area contributed by atoms with Gasteiger partial charge in [0, 0.05) is 11.5 Å². The van der Waals surface area contributed by atoms with Gasteiger partial charge < -0.3 is 19.8 Å². The Hall–Kier alpha value is 0.263. The van der Waals surface area contributed by atoms with Crippen LogP contribution in [0.1, 0.15) is 26.7 Å². The second kappa shape index (κ2) is 18.6. The molecule has 96 valence electrons. The van der Waals surface area contributed by atoms with Gasteiger partial charge in [0.05, 0.1) is 11.9 Å². The van der Waals surface area contributed by atoms with E-state index in [0.29, 0.717) is 0 Å². The molecule has 0 aromatic carbocycles. The SMILES string of the molecule is CCCSCC(=O)[O-].CCCSCC(=O)[O-].[Zn+2]. The molecule has 0 radical (unpaired) electrons. The molecule has 0 heterocycles. The van der Waals surface area contributed by atoms with Crippen LogP contribution >= 0.6 is 23.5 Å². The maximum absolute atomic E-state index is 9.74. The fourth-order valence-electron chi connectivity index (χ4n) is 0.600. The summed E-state index contributed by atoms with van der Waals surface area (Å²) in [6.45, 7) is 4.03. The Morgan fingerprint density at radius 1 is 0.882 bits per heavy atom. The summed E-state index contributed by atoms with van der Waals surface area (Å²) in [4.78, 5) is 19.5. The topological polar surface area (TPSA) is 80.3 Å². The zero-order valence-corrected chi connectivity index (χ0v) is 15.0. The molecule has 0 saturated carbocycles. The van der Waals surface area contributed by atoms with E-state index in [1.807, 2.05) is 13.8 Å². The molecule has 0 rings (SSSR count). The van der Waals surface area contributed by atoms with Crippen molar-refractivity contribution in [2.75, 3.05) is 23.0 Å². The molecule has 0 N–H and O–H groups in total. The zero-order chi connectivity index (χ0) is 12.8. The van der Waals surface area contributed by atoms with Crippen LogP contribution in [-0.2, 0) is 29.1 Å². The molecule has 0 aromatic rings. The van der Waals surface area contributed by atoms with Crippen molar-refractivity contribution >= 4 is 35.5 Å². The minimum Gasteiger partial charge on any atom is -0.549 e. The molecule has 0 atom stereocenters. The van der Waals surface area contributed by atoms with Crippen molar-refractivity contribution in [3.05, 3.63) is 0 Å². The molecular weight excluding hydrogens is 314 g/mol. The second-order valence-corrected chi connectivity index (χ2v) is 5.06. The average Bonchev–Trinajstić information content (AvgIpc) is 2.18. The number of carboxylic acids is 2. The van der Waals surface area contributed by atoms with Crippen molar-refractivity contribution in [1.29, 1.82) is 0 Å². The van der Waals surface area contributed by atoms with E-state index < -0.39 is 11.9 Å². The predicted molar refractivity (Wildman–Crippen MR) is 65.2 cm³/mol. The number of rotatable bonds is 8. The molecule has 0 fully saturated rings. The molecule has 0 spiro atoms. The van der Waals surface area contributed by atoms with Crippen LogP contribution in [0.15, 0.2) is 0 Å². The minimum absolute atomic E-state index is 0. The van der Waals surface area contributed by atoms with Gasteiger partial charge in [-0.2, -0.15) is 23.5 Å². The summed E-state index contributed by atoms with van der Waals surface area (Å²) in [5, 5.41) is 19.5. The second-order valence-electron chi connectivity index (χ2n) is 2.85. The van der Waals surface area contributed by atoms with Crippen molar-refractivity contribution in [1.82, 2.24) is 0 Å². The Morgan fingerprint density at radius 3 is 1.35 bits per heavy atom. The predicted octanol–water partition coefficient (Wildman–Crippen LogP) is -0.243. The Labute approximate surface area is 124 Å². The van der Waals surface area contributed by atoms with Gasteiger partial charge in [0.15, 0.2) is 0 Å². The number of hydrogen-bond acceptors (Lipinski definition) is 6. The van der Waals surface area contributed by atoms with Gasteiger partial charge in [-0.05, 0) is 24.3 Å². The molecule has 0 bridgehead atoms. The van der Waals surface area contributed by atoms with E-state index in [9.17, 15) is 19.8 Å². The maximum Gasteiger partial charge on any atom is 2.00 e. The first-order chi connectivity index (χ1) is 7.54. The van der Waals surface area contributed by atoms with Crippen molar-refractivity contribution in [2.24, 2.45) is 0 Å².